The number of halogens is 1. The van der Waals surface area contributed by atoms with Crippen molar-refractivity contribution in [1.29, 1.82) is 0 Å². The Balaban J connectivity index is 1.59. The van der Waals surface area contributed by atoms with Crippen LogP contribution in [0.3, 0.4) is 0 Å². The topological polar surface area (TPSA) is 52.6 Å². The van der Waals surface area contributed by atoms with Crippen LogP contribution in [0.15, 0.2) is 48.5 Å². The Labute approximate surface area is 147 Å². The van der Waals surface area contributed by atoms with Gasteiger partial charge in [0.25, 0.3) is 0 Å². The molecule has 2 unspecified atom stereocenters. The van der Waals surface area contributed by atoms with Gasteiger partial charge < -0.3 is 15.3 Å². The minimum absolute atomic E-state index is 0.0124. The number of likely N-dealkylation sites (N-methyl/N-ethyl adjacent to an activating group) is 1. The fourth-order valence-electron chi connectivity index (χ4n) is 2.92. The number of hydrogen-bond acceptors (Lipinski definition) is 3. The molecule has 1 aliphatic carbocycles. The number of hydrogen-bond donors (Lipinski definition) is 2. The number of amides is 1. The summed E-state index contributed by atoms with van der Waals surface area (Å²) >= 11 is 6.21. The van der Waals surface area contributed by atoms with Crippen LogP contribution in [-0.2, 0) is 4.79 Å². The van der Waals surface area contributed by atoms with Crippen molar-refractivity contribution in [3.63, 3.8) is 0 Å². The zero-order chi connectivity index (χ0) is 17.1. The standard InChI is InChI=1S/C19H21ClN2O2/c1-22(10-11-23)14-8-6-13(7-9-14)21-19(24)17-12-16(17)15-4-2-3-5-18(15)20/h2-9,16-17,23H,10-12H2,1H3,(H,21,24). The Morgan fingerprint density at radius 1 is 1.25 bits per heavy atom. The molecule has 1 fully saturated rings. The molecular formula is C19H21ClN2O2. The number of carbonyl (C=O) groups is 1. The van der Waals surface area contributed by atoms with E-state index in [2.05, 4.69) is 5.32 Å². The van der Waals surface area contributed by atoms with Crippen molar-refractivity contribution < 1.29 is 9.90 Å². The molecule has 2 N–H and O–H groups in total. The molecule has 3 rings (SSSR count). The van der Waals surface area contributed by atoms with Gasteiger partial charge in [0.1, 0.15) is 0 Å². The lowest BCUT2D eigenvalue weighted by Gasteiger charge is -2.18. The summed E-state index contributed by atoms with van der Waals surface area (Å²) in [6.07, 6.45) is 0.840. The molecule has 0 saturated heterocycles. The van der Waals surface area contributed by atoms with Crippen molar-refractivity contribution in [1.82, 2.24) is 0 Å². The summed E-state index contributed by atoms with van der Waals surface area (Å²) in [6.45, 7) is 0.688. The largest absolute Gasteiger partial charge is 0.395 e. The lowest BCUT2D eigenvalue weighted by molar-refractivity contribution is -0.117. The summed E-state index contributed by atoms with van der Waals surface area (Å²) < 4.78 is 0. The molecule has 126 valence electrons. The van der Waals surface area contributed by atoms with Crippen LogP contribution in [0.4, 0.5) is 11.4 Å². The van der Waals surface area contributed by atoms with Crippen molar-refractivity contribution in [2.45, 2.75) is 12.3 Å². The average molecular weight is 345 g/mol. The van der Waals surface area contributed by atoms with E-state index < -0.39 is 0 Å². The smallest absolute Gasteiger partial charge is 0.228 e. The summed E-state index contributed by atoms with van der Waals surface area (Å²) in [7, 11) is 1.92. The van der Waals surface area contributed by atoms with Crippen LogP contribution in [-0.4, -0.2) is 31.2 Å². The van der Waals surface area contributed by atoms with E-state index in [0.717, 1.165) is 28.4 Å². The van der Waals surface area contributed by atoms with Crippen molar-refractivity contribution in [3.05, 3.63) is 59.1 Å². The van der Waals surface area contributed by atoms with E-state index in [0.29, 0.717) is 6.54 Å². The van der Waals surface area contributed by atoms with E-state index >= 15 is 0 Å². The molecule has 1 amide bonds. The van der Waals surface area contributed by atoms with Gasteiger partial charge in [0.15, 0.2) is 0 Å². The third-order valence-electron chi connectivity index (χ3n) is 4.44. The lowest BCUT2D eigenvalue weighted by atomic mass is 10.1. The molecular weight excluding hydrogens is 324 g/mol. The van der Waals surface area contributed by atoms with Gasteiger partial charge in [-0.3, -0.25) is 4.79 Å². The normalized spacial score (nSPS) is 19.0. The maximum Gasteiger partial charge on any atom is 0.228 e. The number of benzene rings is 2. The molecule has 0 aromatic heterocycles. The number of carbonyl (C=O) groups excluding carboxylic acids is 1. The van der Waals surface area contributed by atoms with E-state index in [1.807, 2.05) is 60.5 Å². The fourth-order valence-corrected chi connectivity index (χ4v) is 3.19. The van der Waals surface area contributed by atoms with Gasteiger partial charge in [-0.25, -0.2) is 0 Å². The molecule has 1 aliphatic rings. The Hall–Kier alpha value is -2.04. The lowest BCUT2D eigenvalue weighted by Crippen LogP contribution is -2.21. The van der Waals surface area contributed by atoms with Gasteiger partial charge in [-0.2, -0.15) is 0 Å². The predicted octanol–water partition coefficient (Wildman–Crippen LogP) is 3.51. The first-order valence-corrected chi connectivity index (χ1v) is 8.45. The number of rotatable bonds is 6. The molecule has 2 aromatic rings. The van der Waals surface area contributed by atoms with Gasteiger partial charge in [-0.1, -0.05) is 29.8 Å². The van der Waals surface area contributed by atoms with Gasteiger partial charge in [0.05, 0.1) is 6.61 Å². The van der Waals surface area contributed by atoms with Crippen LogP contribution in [0.5, 0.6) is 0 Å². The van der Waals surface area contributed by atoms with Crippen LogP contribution in [0.25, 0.3) is 0 Å². The number of aliphatic hydroxyl groups excluding tert-OH is 1. The summed E-state index contributed by atoms with van der Waals surface area (Å²) in [5.74, 6) is 0.242. The molecule has 24 heavy (non-hydrogen) atoms. The van der Waals surface area contributed by atoms with Crippen LogP contribution < -0.4 is 10.2 Å². The number of anilines is 2. The summed E-state index contributed by atoms with van der Waals surface area (Å²) in [5, 5.41) is 12.7. The molecule has 0 bridgehead atoms. The maximum atomic E-state index is 12.4. The molecule has 4 nitrogen and oxygen atoms in total. The number of aliphatic hydroxyl groups is 1. The van der Waals surface area contributed by atoms with Gasteiger partial charge in [-0.15, -0.1) is 0 Å². The second kappa shape index (κ2) is 7.24. The highest BCUT2D eigenvalue weighted by Gasteiger charge is 2.44. The van der Waals surface area contributed by atoms with Gasteiger partial charge in [0.2, 0.25) is 5.91 Å². The second-order valence-corrected chi connectivity index (χ2v) is 6.56. The first kappa shape index (κ1) is 16.8. The predicted molar refractivity (Wildman–Crippen MR) is 97.7 cm³/mol. The first-order chi connectivity index (χ1) is 11.6. The van der Waals surface area contributed by atoms with Crippen LogP contribution >= 0.6 is 11.6 Å². The molecule has 0 heterocycles. The van der Waals surface area contributed by atoms with Crippen LogP contribution in [0, 0.1) is 5.92 Å². The molecule has 1 saturated carbocycles. The molecule has 0 spiro atoms. The van der Waals surface area contributed by atoms with E-state index in [-0.39, 0.29) is 24.3 Å². The Kier molecular flexibility index (Phi) is 5.07. The maximum absolute atomic E-state index is 12.4. The molecule has 2 atom stereocenters. The van der Waals surface area contributed by atoms with Crippen LogP contribution in [0.2, 0.25) is 5.02 Å². The zero-order valence-corrected chi connectivity index (χ0v) is 14.3. The molecule has 2 aromatic carbocycles. The summed E-state index contributed by atoms with van der Waals surface area (Å²) in [4.78, 5) is 14.4. The molecule has 0 radical (unpaired) electrons. The van der Waals surface area contributed by atoms with Gasteiger partial charge >= 0.3 is 0 Å². The van der Waals surface area contributed by atoms with Crippen LogP contribution in [0.1, 0.15) is 17.9 Å². The average Bonchev–Trinajstić information content (AvgIpc) is 3.37. The fraction of sp³-hybridized carbons (Fsp3) is 0.316. The van der Waals surface area contributed by atoms with E-state index in [1.54, 1.807) is 0 Å². The van der Waals surface area contributed by atoms with Crippen molar-refractivity contribution in [2.75, 3.05) is 30.4 Å². The quantitative estimate of drug-likeness (QED) is 0.843. The van der Waals surface area contributed by atoms with Crippen molar-refractivity contribution in [3.8, 4) is 0 Å². The highest BCUT2D eigenvalue weighted by Crippen LogP contribution is 2.50. The van der Waals surface area contributed by atoms with E-state index in [9.17, 15) is 4.79 Å². The number of nitrogens with one attached hydrogen (secondary N) is 1. The molecule has 0 aliphatic heterocycles. The third-order valence-corrected chi connectivity index (χ3v) is 4.79. The third kappa shape index (κ3) is 3.71. The summed E-state index contributed by atoms with van der Waals surface area (Å²) in [6, 6.07) is 15.3. The van der Waals surface area contributed by atoms with Crippen molar-refractivity contribution >= 4 is 28.9 Å². The second-order valence-electron chi connectivity index (χ2n) is 6.15. The van der Waals surface area contributed by atoms with Gasteiger partial charge in [0, 0.05) is 35.9 Å². The highest BCUT2D eigenvalue weighted by atomic mass is 35.5. The van der Waals surface area contributed by atoms with Gasteiger partial charge in [-0.05, 0) is 48.2 Å². The first-order valence-electron chi connectivity index (χ1n) is 8.07. The zero-order valence-electron chi connectivity index (χ0n) is 13.6. The monoisotopic (exact) mass is 344 g/mol. The minimum Gasteiger partial charge on any atom is -0.395 e. The Morgan fingerprint density at radius 2 is 1.96 bits per heavy atom. The van der Waals surface area contributed by atoms with E-state index in [4.69, 9.17) is 16.7 Å². The number of nitrogens with zero attached hydrogens (tertiary/aromatic N) is 1. The Bertz CT molecular complexity index is 718. The molecule has 5 heteroatoms. The van der Waals surface area contributed by atoms with Crippen molar-refractivity contribution in [2.24, 2.45) is 5.92 Å². The minimum atomic E-state index is -0.0124. The Morgan fingerprint density at radius 3 is 2.62 bits per heavy atom. The van der Waals surface area contributed by atoms with E-state index in [1.165, 1.54) is 0 Å². The highest BCUT2D eigenvalue weighted by molar-refractivity contribution is 6.31. The summed E-state index contributed by atoms with van der Waals surface area (Å²) in [5.41, 5.74) is 2.84. The SMILES string of the molecule is CN(CCO)c1ccc(NC(=O)C2CC2c2ccccc2Cl)cc1.